The standard InChI is InChI=1S/C22H21N3O3/c1-13-4-6-14(7-5-13)25-20(26)22(2)19-16(10-11-24(22)21(25)27)17-12-15(28-3)8-9-18(17)23-19/h4-9,12,23H,10-11H2,1-3H3/t22-/m1/s1. The molecule has 5 rings (SSSR count). The van der Waals surface area contributed by atoms with E-state index in [9.17, 15) is 9.59 Å². The Bertz CT molecular complexity index is 1130. The molecule has 6 nitrogen and oxygen atoms in total. The summed E-state index contributed by atoms with van der Waals surface area (Å²) in [4.78, 5) is 33.1. The number of hydrogen-bond donors (Lipinski definition) is 1. The van der Waals surface area contributed by atoms with Gasteiger partial charge in [-0.15, -0.1) is 0 Å². The van der Waals surface area contributed by atoms with Crippen LogP contribution in [-0.2, 0) is 16.8 Å². The van der Waals surface area contributed by atoms with Gasteiger partial charge >= 0.3 is 6.03 Å². The van der Waals surface area contributed by atoms with Crippen molar-refractivity contribution in [3.05, 3.63) is 59.3 Å². The summed E-state index contributed by atoms with van der Waals surface area (Å²) in [7, 11) is 1.64. The molecule has 1 fully saturated rings. The number of hydrogen-bond acceptors (Lipinski definition) is 3. The van der Waals surface area contributed by atoms with Gasteiger partial charge in [0.25, 0.3) is 5.91 Å². The van der Waals surface area contributed by atoms with Gasteiger partial charge in [-0.1, -0.05) is 17.7 Å². The molecule has 0 spiro atoms. The Hall–Kier alpha value is -3.28. The fourth-order valence-corrected chi connectivity index (χ4v) is 4.47. The topological polar surface area (TPSA) is 65.6 Å². The molecule has 0 aliphatic carbocycles. The average molecular weight is 375 g/mol. The predicted molar refractivity (Wildman–Crippen MR) is 107 cm³/mol. The van der Waals surface area contributed by atoms with Crippen LogP contribution in [0.5, 0.6) is 5.75 Å². The Morgan fingerprint density at radius 1 is 1.11 bits per heavy atom. The third kappa shape index (κ3) is 2.03. The van der Waals surface area contributed by atoms with Gasteiger partial charge in [-0.3, -0.25) is 4.79 Å². The predicted octanol–water partition coefficient (Wildman–Crippen LogP) is 3.73. The van der Waals surface area contributed by atoms with Crippen LogP contribution in [0.15, 0.2) is 42.5 Å². The lowest BCUT2D eigenvalue weighted by molar-refractivity contribution is -0.125. The van der Waals surface area contributed by atoms with Crippen molar-refractivity contribution in [1.29, 1.82) is 0 Å². The molecule has 1 saturated heterocycles. The molecule has 0 radical (unpaired) electrons. The zero-order chi connectivity index (χ0) is 19.6. The van der Waals surface area contributed by atoms with Crippen molar-refractivity contribution in [3.63, 3.8) is 0 Å². The summed E-state index contributed by atoms with van der Waals surface area (Å²) < 4.78 is 5.36. The van der Waals surface area contributed by atoms with Crippen LogP contribution < -0.4 is 9.64 Å². The first-order valence-electron chi connectivity index (χ1n) is 9.37. The zero-order valence-corrected chi connectivity index (χ0v) is 16.1. The number of anilines is 1. The van der Waals surface area contributed by atoms with Gasteiger partial charge in [0.1, 0.15) is 5.75 Å². The van der Waals surface area contributed by atoms with Crippen LogP contribution in [0.1, 0.15) is 23.7 Å². The SMILES string of the molecule is COc1ccc2[nH]c3c(c2c1)CCN1C(=O)N(c2ccc(C)cc2)C(=O)[C@@]31C. The van der Waals surface area contributed by atoms with E-state index in [1.807, 2.05) is 56.3 Å². The fourth-order valence-electron chi connectivity index (χ4n) is 4.47. The number of nitrogens with one attached hydrogen (secondary N) is 1. The van der Waals surface area contributed by atoms with Crippen molar-refractivity contribution in [1.82, 2.24) is 9.88 Å². The van der Waals surface area contributed by atoms with Gasteiger partial charge in [0.2, 0.25) is 0 Å². The quantitative estimate of drug-likeness (QED) is 0.694. The van der Waals surface area contributed by atoms with Crippen molar-refractivity contribution in [2.75, 3.05) is 18.6 Å². The largest absolute Gasteiger partial charge is 0.497 e. The Morgan fingerprint density at radius 2 is 1.86 bits per heavy atom. The number of rotatable bonds is 2. The van der Waals surface area contributed by atoms with E-state index in [0.717, 1.165) is 33.5 Å². The Balaban J connectivity index is 1.67. The van der Waals surface area contributed by atoms with Crippen molar-refractivity contribution < 1.29 is 14.3 Å². The second-order valence-electron chi connectivity index (χ2n) is 7.62. The highest BCUT2D eigenvalue weighted by Crippen LogP contribution is 2.45. The van der Waals surface area contributed by atoms with Crippen LogP contribution in [0.2, 0.25) is 0 Å². The number of aromatic nitrogens is 1. The highest BCUT2D eigenvalue weighted by atomic mass is 16.5. The first kappa shape index (κ1) is 16.9. The molecule has 3 heterocycles. The minimum Gasteiger partial charge on any atom is -0.497 e. The van der Waals surface area contributed by atoms with Gasteiger partial charge in [0.05, 0.1) is 18.5 Å². The number of aryl methyl sites for hydroxylation is 1. The van der Waals surface area contributed by atoms with Crippen LogP contribution in [0.25, 0.3) is 10.9 Å². The molecule has 2 aliphatic rings. The molecule has 1 atom stereocenters. The minimum atomic E-state index is -1.04. The van der Waals surface area contributed by atoms with E-state index in [4.69, 9.17) is 4.74 Å². The summed E-state index contributed by atoms with van der Waals surface area (Å²) in [6, 6.07) is 13.0. The number of amides is 3. The second-order valence-corrected chi connectivity index (χ2v) is 7.62. The molecule has 6 heteroatoms. The lowest BCUT2D eigenvalue weighted by Crippen LogP contribution is -2.49. The molecule has 1 N–H and O–H groups in total. The van der Waals surface area contributed by atoms with Gasteiger partial charge in [-0.25, -0.2) is 9.69 Å². The van der Waals surface area contributed by atoms with Gasteiger partial charge < -0.3 is 14.6 Å². The number of carbonyl (C=O) groups excluding carboxylic acids is 2. The summed E-state index contributed by atoms with van der Waals surface area (Å²) in [6.07, 6.45) is 0.693. The number of imide groups is 1. The summed E-state index contributed by atoms with van der Waals surface area (Å²) in [5.41, 5.74) is 3.48. The lowest BCUT2D eigenvalue weighted by atomic mass is 9.87. The number of benzene rings is 2. The Kier molecular flexibility index (Phi) is 3.38. The second kappa shape index (κ2) is 5.61. The van der Waals surface area contributed by atoms with Crippen LogP contribution in [0.3, 0.4) is 0 Å². The molecule has 142 valence electrons. The summed E-state index contributed by atoms with van der Waals surface area (Å²) in [5.74, 6) is 0.554. The summed E-state index contributed by atoms with van der Waals surface area (Å²) in [6.45, 7) is 4.32. The smallest absolute Gasteiger partial charge is 0.332 e. The number of ether oxygens (including phenoxy) is 1. The summed E-state index contributed by atoms with van der Waals surface area (Å²) >= 11 is 0. The normalized spacial score (nSPS) is 21.2. The number of urea groups is 1. The monoisotopic (exact) mass is 375 g/mol. The number of methoxy groups -OCH3 is 1. The number of nitrogens with zero attached hydrogens (tertiary/aromatic N) is 2. The average Bonchev–Trinajstić information content (AvgIpc) is 3.17. The van der Waals surface area contributed by atoms with Gasteiger partial charge in [-0.2, -0.15) is 0 Å². The molecule has 0 bridgehead atoms. The van der Waals surface area contributed by atoms with E-state index < -0.39 is 5.54 Å². The molecule has 2 aliphatic heterocycles. The third-order valence-electron chi connectivity index (χ3n) is 6.06. The lowest BCUT2D eigenvalue weighted by Gasteiger charge is -2.35. The van der Waals surface area contributed by atoms with Gasteiger partial charge in [0.15, 0.2) is 5.54 Å². The number of H-pyrrole nitrogens is 1. The van der Waals surface area contributed by atoms with E-state index in [1.54, 1.807) is 12.0 Å². The van der Waals surface area contributed by atoms with Crippen LogP contribution in [0, 0.1) is 6.92 Å². The van der Waals surface area contributed by atoms with E-state index in [1.165, 1.54) is 4.90 Å². The van der Waals surface area contributed by atoms with Gasteiger partial charge in [-0.05, 0) is 56.2 Å². The first-order chi connectivity index (χ1) is 13.4. The molecule has 3 amide bonds. The van der Waals surface area contributed by atoms with Crippen LogP contribution in [0.4, 0.5) is 10.5 Å². The Morgan fingerprint density at radius 3 is 2.57 bits per heavy atom. The maximum atomic E-state index is 13.5. The van der Waals surface area contributed by atoms with Crippen molar-refractivity contribution >= 4 is 28.5 Å². The maximum Gasteiger partial charge on any atom is 0.332 e. The highest BCUT2D eigenvalue weighted by molar-refractivity contribution is 6.23. The number of aromatic amines is 1. The zero-order valence-electron chi connectivity index (χ0n) is 16.1. The maximum absolute atomic E-state index is 13.5. The highest BCUT2D eigenvalue weighted by Gasteiger charge is 2.58. The molecule has 0 unspecified atom stereocenters. The van der Waals surface area contributed by atoms with E-state index in [0.29, 0.717) is 18.7 Å². The molecule has 0 saturated carbocycles. The molecular weight excluding hydrogens is 354 g/mol. The molecule has 28 heavy (non-hydrogen) atoms. The van der Waals surface area contributed by atoms with E-state index in [-0.39, 0.29) is 11.9 Å². The van der Waals surface area contributed by atoms with Crippen LogP contribution >= 0.6 is 0 Å². The molecule has 1 aromatic heterocycles. The first-order valence-corrected chi connectivity index (χ1v) is 9.37. The van der Waals surface area contributed by atoms with Crippen molar-refractivity contribution in [2.24, 2.45) is 0 Å². The van der Waals surface area contributed by atoms with Crippen molar-refractivity contribution in [2.45, 2.75) is 25.8 Å². The summed E-state index contributed by atoms with van der Waals surface area (Å²) in [5, 5.41) is 1.05. The minimum absolute atomic E-state index is 0.221. The van der Waals surface area contributed by atoms with Gasteiger partial charge in [0, 0.05) is 17.4 Å². The molecule has 3 aromatic rings. The third-order valence-corrected chi connectivity index (χ3v) is 6.06. The van der Waals surface area contributed by atoms with Crippen LogP contribution in [-0.4, -0.2) is 35.5 Å². The van der Waals surface area contributed by atoms with Crippen molar-refractivity contribution in [3.8, 4) is 5.75 Å². The molecular formula is C22H21N3O3. The molecule has 2 aromatic carbocycles. The van der Waals surface area contributed by atoms with E-state index in [2.05, 4.69) is 4.98 Å². The number of fused-ring (bicyclic) bond motifs is 5. The van der Waals surface area contributed by atoms with E-state index >= 15 is 0 Å². The fraction of sp³-hybridized carbons (Fsp3) is 0.273. The Labute approximate surface area is 162 Å². The number of carbonyl (C=O) groups is 2.